The number of nitrogens with zero attached hydrogens (tertiary/aromatic N) is 3. The van der Waals surface area contributed by atoms with Gasteiger partial charge in [-0.05, 0) is 32.9 Å². The normalized spacial score (nSPS) is 19.3. The van der Waals surface area contributed by atoms with Gasteiger partial charge in [-0.2, -0.15) is 5.26 Å². The van der Waals surface area contributed by atoms with Crippen LogP contribution in [0.15, 0.2) is 18.3 Å². The molecule has 1 aromatic heterocycles. The molecule has 1 amide bonds. The smallest absolute Gasteiger partial charge is 0.410 e. The van der Waals surface area contributed by atoms with Gasteiger partial charge in [0.15, 0.2) is 6.29 Å². The van der Waals surface area contributed by atoms with Crippen molar-refractivity contribution in [3.05, 3.63) is 23.9 Å². The number of aromatic nitrogens is 1. The summed E-state index contributed by atoms with van der Waals surface area (Å²) in [6.45, 7) is 8.58. The topological polar surface area (TPSA) is 96.7 Å². The summed E-state index contributed by atoms with van der Waals surface area (Å²) in [6.07, 6.45) is 1.67. The van der Waals surface area contributed by atoms with E-state index in [2.05, 4.69) is 10.3 Å². The van der Waals surface area contributed by atoms with Crippen molar-refractivity contribution in [2.24, 2.45) is 5.41 Å². The second-order valence-electron chi connectivity index (χ2n) is 8.15. The van der Waals surface area contributed by atoms with Crippen LogP contribution in [-0.2, 0) is 14.2 Å². The average Bonchev–Trinajstić information content (AvgIpc) is 2.59. The number of carbonyl (C=O) groups is 1. The number of anilines is 1. The maximum Gasteiger partial charge on any atom is 0.410 e. The van der Waals surface area contributed by atoms with Gasteiger partial charge >= 0.3 is 6.09 Å². The summed E-state index contributed by atoms with van der Waals surface area (Å²) in [7, 11) is 0. The van der Waals surface area contributed by atoms with E-state index in [0.29, 0.717) is 50.7 Å². The molecule has 146 valence electrons. The SMILES string of the molecule is CC(C)(C)OC(=O)N1CC2(COC(CCNc3ccc(C#N)cn3)OC2)C1. The molecule has 1 N–H and O–H groups in total. The molecule has 27 heavy (non-hydrogen) atoms. The molecule has 0 bridgehead atoms. The number of carbonyl (C=O) groups excluding carboxylic acids is 1. The van der Waals surface area contributed by atoms with Gasteiger partial charge in [0.05, 0.1) is 24.2 Å². The lowest BCUT2D eigenvalue weighted by Gasteiger charge is -2.52. The van der Waals surface area contributed by atoms with Gasteiger partial charge in [0.1, 0.15) is 17.5 Å². The lowest BCUT2D eigenvalue weighted by molar-refractivity contribution is -0.254. The Balaban J connectivity index is 1.35. The van der Waals surface area contributed by atoms with Gasteiger partial charge in [-0.15, -0.1) is 0 Å². The third kappa shape index (κ3) is 5.08. The molecule has 0 aliphatic carbocycles. The Morgan fingerprint density at radius 3 is 2.67 bits per heavy atom. The highest BCUT2D eigenvalue weighted by molar-refractivity contribution is 5.69. The first-order chi connectivity index (χ1) is 12.8. The first kappa shape index (κ1) is 19.4. The second kappa shape index (κ2) is 7.71. The minimum atomic E-state index is -0.485. The molecule has 2 fully saturated rings. The van der Waals surface area contributed by atoms with Crippen LogP contribution in [0.3, 0.4) is 0 Å². The van der Waals surface area contributed by atoms with Gasteiger partial charge in [0.2, 0.25) is 0 Å². The van der Waals surface area contributed by atoms with Crippen molar-refractivity contribution in [1.29, 1.82) is 5.26 Å². The van der Waals surface area contributed by atoms with Crippen molar-refractivity contribution in [3.8, 4) is 6.07 Å². The van der Waals surface area contributed by atoms with Crippen LogP contribution in [0.5, 0.6) is 0 Å². The van der Waals surface area contributed by atoms with Gasteiger partial charge in [-0.25, -0.2) is 9.78 Å². The van der Waals surface area contributed by atoms with Crippen LogP contribution in [0.4, 0.5) is 10.6 Å². The Morgan fingerprint density at radius 1 is 1.41 bits per heavy atom. The number of likely N-dealkylation sites (tertiary alicyclic amines) is 1. The third-order valence-electron chi connectivity index (χ3n) is 4.43. The van der Waals surface area contributed by atoms with Crippen molar-refractivity contribution in [1.82, 2.24) is 9.88 Å². The summed E-state index contributed by atoms with van der Waals surface area (Å²) in [5, 5.41) is 12.0. The summed E-state index contributed by atoms with van der Waals surface area (Å²) in [5.74, 6) is 0.716. The first-order valence-electron chi connectivity index (χ1n) is 9.10. The fourth-order valence-electron chi connectivity index (χ4n) is 3.08. The van der Waals surface area contributed by atoms with E-state index in [1.807, 2.05) is 26.8 Å². The highest BCUT2D eigenvalue weighted by Gasteiger charge is 2.49. The molecule has 0 saturated carbocycles. The number of amides is 1. The zero-order valence-electron chi connectivity index (χ0n) is 16.0. The number of rotatable bonds is 4. The summed E-state index contributed by atoms with van der Waals surface area (Å²) < 4.78 is 17.0. The predicted molar refractivity (Wildman–Crippen MR) is 98.0 cm³/mol. The Hall–Kier alpha value is -2.37. The van der Waals surface area contributed by atoms with E-state index in [-0.39, 0.29) is 17.8 Å². The maximum absolute atomic E-state index is 12.0. The van der Waals surface area contributed by atoms with Gasteiger partial charge in [-0.3, -0.25) is 0 Å². The van der Waals surface area contributed by atoms with Crippen LogP contribution < -0.4 is 5.32 Å². The average molecular weight is 374 g/mol. The van der Waals surface area contributed by atoms with Crippen LogP contribution >= 0.6 is 0 Å². The maximum atomic E-state index is 12.0. The lowest BCUT2D eigenvalue weighted by Crippen LogP contribution is -2.65. The lowest BCUT2D eigenvalue weighted by atomic mass is 9.81. The molecular formula is C19H26N4O4. The van der Waals surface area contributed by atoms with Gasteiger partial charge in [0.25, 0.3) is 0 Å². The van der Waals surface area contributed by atoms with E-state index in [1.54, 1.807) is 17.0 Å². The number of hydrogen-bond acceptors (Lipinski definition) is 7. The van der Waals surface area contributed by atoms with Gasteiger partial charge in [-0.1, -0.05) is 0 Å². The number of nitriles is 1. The number of pyridine rings is 1. The van der Waals surface area contributed by atoms with E-state index in [0.717, 1.165) is 0 Å². The molecule has 2 aliphatic rings. The molecule has 8 heteroatoms. The molecular weight excluding hydrogens is 348 g/mol. The number of nitrogens with one attached hydrogen (secondary N) is 1. The molecule has 2 aliphatic heterocycles. The fraction of sp³-hybridized carbons (Fsp3) is 0.632. The van der Waals surface area contributed by atoms with Crippen LogP contribution in [0.25, 0.3) is 0 Å². The van der Waals surface area contributed by atoms with Gasteiger partial charge in [0, 0.05) is 32.3 Å². The quantitative estimate of drug-likeness (QED) is 0.864. The molecule has 3 heterocycles. The molecule has 2 saturated heterocycles. The standard InChI is InChI=1S/C19H26N4O4/c1-18(2,3)27-17(24)23-10-19(11-23)12-25-16(26-13-19)6-7-21-15-5-4-14(8-20)9-22-15/h4-5,9,16H,6-7,10-13H2,1-3H3,(H,21,22). The van der Waals surface area contributed by atoms with Crippen LogP contribution in [0.1, 0.15) is 32.8 Å². The third-order valence-corrected chi connectivity index (χ3v) is 4.43. The Kier molecular flexibility index (Phi) is 5.53. The Bertz CT molecular complexity index is 692. The van der Waals surface area contributed by atoms with E-state index in [9.17, 15) is 4.79 Å². The summed E-state index contributed by atoms with van der Waals surface area (Å²) in [5.41, 5.74) is -0.0673. The van der Waals surface area contributed by atoms with Crippen LogP contribution in [0, 0.1) is 16.7 Å². The second-order valence-corrected chi connectivity index (χ2v) is 8.15. The van der Waals surface area contributed by atoms with E-state index >= 15 is 0 Å². The van der Waals surface area contributed by atoms with Crippen molar-refractivity contribution in [3.63, 3.8) is 0 Å². The Labute approximate surface area is 159 Å². The van der Waals surface area contributed by atoms with Crippen LogP contribution in [-0.4, -0.2) is 60.7 Å². The predicted octanol–water partition coefficient (Wildman–Crippen LogP) is 2.37. The van der Waals surface area contributed by atoms with Crippen molar-refractivity contribution in [2.45, 2.75) is 39.1 Å². The largest absolute Gasteiger partial charge is 0.444 e. The highest BCUT2D eigenvalue weighted by atomic mass is 16.7. The van der Waals surface area contributed by atoms with Crippen molar-refractivity contribution < 1.29 is 19.0 Å². The molecule has 0 unspecified atom stereocenters. The monoisotopic (exact) mass is 374 g/mol. The van der Waals surface area contributed by atoms with Crippen molar-refractivity contribution >= 4 is 11.9 Å². The summed E-state index contributed by atoms with van der Waals surface area (Å²) >= 11 is 0. The van der Waals surface area contributed by atoms with E-state index in [1.165, 1.54) is 6.20 Å². The van der Waals surface area contributed by atoms with Crippen molar-refractivity contribution in [2.75, 3.05) is 38.2 Å². The zero-order chi connectivity index (χ0) is 19.5. The minimum Gasteiger partial charge on any atom is -0.444 e. The Morgan fingerprint density at radius 2 is 2.11 bits per heavy atom. The zero-order valence-corrected chi connectivity index (χ0v) is 16.0. The first-order valence-corrected chi connectivity index (χ1v) is 9.10. The molecule has 8 nitrogen and oxygen atoms in total. The molecule has 0 aromatic carbocycles. The van der Waals surface area contributed by atoms with E-state index in [4.69, 9.17) is 19.5 Å². The minimum absolute atomic E-state index is 0.116. The highest BCUT2D eigenvalue weighted by Crippen LogP contribution is 2.36. The van der Waals surface area contributed by atoms with Crippen LogP contribution in [0.2, 0.25) is 0 Å². The number of ether oxygens (including phenoxy) is 3. The fourth-order valence-corrected chi connectivity index (χ4v) is 3.08. The molecule has 1 aromatic rings. The molecule has 3 rings (SSSR count). The molecule has 0 atom stereocenters. The molecule has 1 spiro atoms. The summed E-state index contributed by atoms with van der Waals surface area (Å²) in [4.78, 5) is 17.9. The molecule has 0 radical (unpaired) electrons. The summed E-state index contributed by atoms with van der Waals surface area (Å²) in [6, 6.07) is 5.53. The van der Waals surface area contributed by atoms with E-state index < -0.39 is 5.60 Å². The van der Waals surface area contributed by atoms with Gasteiger partial charge < -0.3 is 24.4 Å². The number of hydrogen-bond donors (Lipinski definition) is 1.